The summed E-state index contributed by atoms with van der Waals surface area (Å²) < 4.78 is 28.4. The first-order valence-corrected chi connectivity index (χ1v) is 3.94. The van der Waals surface area contributed by atoms with Crippen LogP contribution in [0.3, 0.4) is 0 Å². The molecule has 0 aliphatic heterocycles. The summed E-state index contributed by atoms with van der Waals surface area (Å²) in [5.41, 5.74) is 4.77. The van der Waals surface area contributed by atoms with E-state index >= 15 is 0 Å². The maximum atomic E-state index is 10.1. The van der Waals surface area contributed by atoms with Gasteiger partial charge >= 0.3 is 29.6 Å². The predicted octanol–water partition coefficient (Wildman–Crippen LogP) is -4.49. The molecule has 0 saturated heterocycles. The van der Waals surface area contributed by atoms with E-state index in [4.69, 9.17) is 21.0 Å². The van der Waals surface area contributed by atoms with Gasteiger partial charge in [0.2, 0.25) is 5.96 Å². The number of hydrogen-bond donors (Lipinski definition) is 3. The summed E-state index contributed by atoms with van der Waals surface area (Å²) in [6.07, 6.45) is 1.30. The van der Waals surface area contributed by atoms with Gasteiger partial charge < -0.3 is 5.73 Å². The normalized spacial score (nSPS) is 9.33. The van der Waals surface area contributed by atoms with Gasteiger partial charge in [0.25, 0.3) is 10.1 Å². The van der Waals surface area contributed by atoms with E-state index in [1.54, 1.807) is 0 Å². The zero-order valence-electron chi connectivity index (χ0n) is 6.35. The van der Waals surface area contributed by atoms with Crippen LogP contribution in [0.5, 0.6) is 0 Å². The molecule has 0 spiro atoms. The van der Waals surface area contributed by atoms with E-state index < -0.39 is 22.0 Å². The van der Waals surface area contributed by atoms with Crippen LogP contribution in [0.25, 0.3) is 0 Å². The number of nitrogens with zero attached hydrogens (tertiary/aromatic N) is 2. The largest absolute Gasteiger partial charge is 1.00 e. The SMILES string of the molecule is N#CN(CS(=O)(=O)O)C(=N)N.[Na+]. The van der Waals surface area contributed by atoms with Crippen LogP contribution in [0.1, 0.15) is 0 Å². The van der Waals surface area contributed by atoms with Crippen LogP contribution >= 0.6 is 0 Å². The van der Waals surface area contributed by atoms with Crippen LogP contribution in [0.15, 0.2) is 0 Å². The first-order valence-electron chi connectivity index (χ1n) is 2.33. The molecule has 9 heteroatoms. The van der Waals surface area contributed by atoms with Crippen molar-refractivity contribution in [1.29, 1.82) is 10.7 Å². The first kappa shape index (κ1) is 14.2. The van der Waals surface area contributed by atoms with Crippen molar-refractivity contribution >= 4 is 16.1 Å². The predicted molar refractivity (Wildman–Crippen MR) is 35.8 cm³/mol. The van der Waals surface area contributed by atoms with E-state index in [1.165, 1.54) is 6.19 Å². The van der Waals surface area contributed by atoms with Crippen LogP contribution in [0, 0.1) is 16.9 Å². The van der Waals surface area contributed by atoms with Crippen molar-refractivity contribution < 1.29 is 42.5 Å². The third-order valence-corrected chi connectivity index (χ3v) is 1.29. The molecule has 0 aromatic heterocycles. The van der Waals surface area contributed by atoms with Gasteiger partial charge in [-0.25, -0.2) is 4.90 Å². The fourth-order valence-electron chi connectivity index (χ4n) is 0.315. The Morgan fingerprint density at radius 2 is 2.17 bits per heavy atom. The molecule has 0 fully saturated rings. The van der Waals surface area contributed by atoms with Gasteiger partial charge in [-0.2, -0.15) is 13.7 Å². The first-order chi connectivity index (χ1) is 4.87. The third-order valence-electron chi connectivity index (χ3n) is 0.704. The summed E-state index contributed by atoms with van der Waals surface area (Å²) in [5.74, 6) is -1.72. The van der Waals surface area contributed by atoms with Gasteiger partial charge in [0.15, 0.2) is 12.1 Å². The minimum Gasteiger partial charge on any atom is -0.369 e. The number of nitrogens with two attached hydrogens (primary N) is 1. The molecule has 0 atom stereocenters. The summed E-state index contributed by atoms with van der Waals surface area (Å²) in [5, 5.41) is 14.8. The van der Waals surface area contributed by atoms with Gasteiger partial charge in [0, 0.05) is 0 Å². The van der Waals surface area contributed by atoms with E-state index in [0.717, 1.165) is 0 Å². The monoisotopic (exact) mass is 201 g/mol. The van der Waals surface area contributed by atoms with Gasteiger partial charge in [-0.15, -0.1) is 0 Å². The van der Waals surface area contributed by atoms with Crippen LogP contribution in [-0.4, -0.2) is 29.7 Å². The van der Waals surface area contributed by atoms with Gasteiger partial charge in [0.05, 0.1) is 0 Å². The van der Waals surface area contributed by atoms with Crippen molar-refractivity contribution in [2.45, 2.75) is 0 Å². The molecule has 0 saturated carbocycles. The minimum atomic E-state index is -4.30. The topological polar surface area (TPSA) is 131 Å². The molecule has 0 aromatic carbocycles. The molecule has 12 heavy (non-hydrogen) atoms. The van der Waals surface area contributed by atoms with E-state index in [9.17, 15) is 8.42 Å². The molecule has 0 aliphatic rings. The summed E-state index contributed by atoms with van der Waals surface area (Å²) in [4.78, 5) is 0.329. The molecular weight excluding hydrogens is 195 g/mol. The Bertz CT molecular complexity index is 293. The van der Waals surface area contributed by atoms with Crippen molar-refractivity contribution in [3.8, 4) is 6.19 Å². The van der Waals surface area contributed by atoms with E-state index in [-0.39, 0.29) is 29.6 Å². The number of nitriles is 1. The molecule has 4 N–H and O–H groups in total. The van der Waals surface area contributed by atoms with E-state index in [2.05, 4.69) is 0 Å². The van der Waals surface area contributed by atoms with Crippen molar-refractivity contribution in [3.63, 3.8) is 0 Å². The number of rotatable bonds is 2. The fraction of sp³-hybridized carbons (Fsp3) is 0.333. The molecule has 0 bridgehead atoms. The maximum absolute atomic E-state index is 10.1. The van der Waals surface area contributed by atoms with Gasteiger partial charge in [0.1, 0.15) is 0 Å². The molecule has 62 valence electrons. The Morgan fingerprint density at radius 3 is 2.25 bits per heavy atom. The third kappa shape index (κ3) is 6.38. The van der Waals surface area contributed by atoms with Crippen LogP contribution in [-0.2, 0) is 10.1 Å². The smallest absolute Gasteiger partial charge is 0.369 e. The summed E-state index contributed by atoms with van der Waals surface area (Å²) in [6.45, 7) is 0. The minimum absolute atomic E-state index is 0. The quantitative estimate of drug-likeness (QED) is 0.103. The maximum Gasteiger partial charge on any atom is 1.00 e. The second-order valence-electron chi connectivity index (χ2n) is 1.62. The van der Waals surface area contributed by atoms with Gasteiger partial charge in [-0.3, -0.25) is 9.96 Å². The zero-order valence-corrected chi connectivity index (χ0v) is 9.17. The molecule has 0 aliphatic carbocycles. The number of hydrogen-bond acceptors (Lipinski definition) is 4. The molecule has 7 nitrogen and oxygen atoms in total. The van der Waals surface area contributed by atoms with Crippen LogP contribution in [0.2, 0.25) is 0 Å². The Labute approximate surface area is 91.7 Å². The molecule has 0 heterocycles. The van der Waals surface area contributed by atoms with Crippen molar-refractivity contribution in [3.05, 3.63) is 0 Å². The van der Waals surface area contributed by atoms with Gasteiger partial charge in [-0.1, -0.05) is 0 Å². The standard InChI is InChI=1S/C3H6N4O3S.Na/c4-1-7(3(5)6)2-11(8,9)10;/h2H2,(H3,5,6)(H,8,9,10);/q;+1. The van der Waals surface area contributed by atoms with Crippen molar-refractivity contribution in [2.24, 2.45) is 5.73 Å². The van der Waals surface area contributed by atoms with Crippen LogP contribution in [0.4, 0.5) is 0 Å². The Hall–Kier alpha value is -0.330. The van der Waals surface area contributed by atoms with Gasteiger partial charge in [-0.05, 0) is 0 Å². The fourth-order valence-corrected chi connectivity index (χ4v) is 0.839. The van der Waals surface area contributed by atoms with Crippen LogP contribution < -0.4 is 35.3 Å². The van der Waals surface area contributed by atoms with Crippen molar-refractivity contribution in [1.82, 2.24) is 4.90 Å². The second kappa shape index (κ2) is 5.34. The Morgan fingerprint density at radius 1 is 1.75 bits per heavy atom. The Balaban J connectivity index is 0. The summed E-state index contributed by atoms with van der Waals surface area (Å²) in [6, 6.07) is 0. The summed E-state index contributed by atoms with van der Waals surface area (Å²) in [7, 11) is -4.30. The van der Waals surface area contributed by atoms with E-state index in [0.29, 0.717) is 4.90 Å². The summed E-state index contributed by atoms with van der Waals surface area (Å²) >= 11 is 0. The number of guanidine groups is 1. The molecule has 0 unspecified atom stereocenters. The zero-order chi connectivity index (χ0) is 9.07. The van der Waals surface area contributed by atoms with Crippen molar-refractivity contribution in [2.75, 3.05) is 5.88 Å². The molecule has 0 amide bonds. The Kier molecular flexibility index (Phi) is 6.32. The average molecular weight is 201 g/mol. The molecule has 0 rings (SSSR count). The van der Waals surface area contributed by atoms with E-state index in [1.807, 2.05) is 0 Å². The molecule has 0 aromatic rings. The molecular formula is C3H6N4NaO3S+. The number of nitrogens with one attached hydrogen (secondary N) is 1. The average Bonchev–Trinajstić information content (AvgIpc) is 1.80. The molecule has 0 radical (unpaired) electrons. The second-order valence-corrected chi connectivity index (χ2v) is 3.05.